The normalized spacial score (nSPS) is 10.9. The first-order valence-corrected chi connectivity index (χ1v) is 5.70. The molecule has 1 heterocycles. The molecule has 3 N–H and O–H groups in total. The summed E-state index contributed by atoms with van der Waals surface area (Å²) >= 11 is 6.09. The Morgan fingerprint density at radius 1 is 1.06 bits per heavy atom. The van der Waals surface area contributed by atoms with E-state index in [1.807, 2.05) is 18.2 Å². The number of fused-ring (bicyclic) bond motifs is 1. The van der Waals surface area contributed by atoms with E-state index >= 15 is 0 Å². The Hall–Kier alpha value is -2.20. The largest absolute Gasteiger partial charge is 0.504 e. The Labute approximate surface area is 107 Å². The van der Waals surface area contributed by atoms with Crippen molar-refractivity contribution in [1.29, 1.82) is 0 Å². The molecule has 0 amide bonds. The number of benzene rings is 2. The van der Waals surface area contributed by atoms with Crippen LogP contribution in [0.1, 0.15) is 0 Å². The molecule has 0 atom stereocenters. The number of imidazole rings is 1. The number of phenols is 2. The fraction of sp³-hybridized carbons (Fsp3) is 0. The smallest absolute Gasteiger partial charge is 0.185 e. The summed E-state index contributed by atoms with van der Waals surface area (Å²) in [6.07, 6.45) is 0. The Morgan fingerprint density at radius 3 is 2.61 bits per heavy atom. The van der Waals surface area contributed by atoms with E-state index < -0.39 is 0 Å². The Bertz CT molecular complexity index is 737. The van der Waals surface area contributed by atoms with E-state index in [1.54, 1.807) is 12.1 Å². The van der Waals surface area contributed by atoms with Gasteiger partial charge in [-0.2, -0.15) is 0 Å². The minimum Gasteiger partial charge on any atom is -0.504 e. The third-order valence-corrected chi connectivity index (χ3v) is 3.07. The summed E-state index contributed by atoms with van der Waals surface area (Å²) in [5, 5.41) is 19.7. The molecule has 18 heavy (non-hydrogen) atoms. The molecule has 1 aromatic heterocycles. The van der Waals surface area contributed by atoms with Crippen molar-refractivity contribution in [2.75, 3.05) is 0 Å². The van der Waals surface area contributed by atoms with Gasteiger partial charge in [0.05, 0.1) is 10.5 Å². The standard InChI is InChI=1S/C13H9ClN2O2/c14-8-4-2-1-3-7(8)13-15-9-5-6-10(17)12(18)11(9)16-13/h1-6,17-18H,(H,15,16). The molecule has 0 saturated carbocycles. The van der Waals surface area contributed by atoms with Crippen LogP contribution >= 0.6 is 11.6 Å². The highest BCUT2D eigenvalue weighted by atomic mass is 35.5. The van der Waals surface area contributed by atoms with Crippen LogP contribution in [0.25, 0.3) is 22.4 Å². The third kappa shape index (κ3) is 1.58. The van der Waals surface area contributed by atoms with Crippen molar-refractivity contribution >= 4 is 22.6 Å². The van der Waals surface area contributed by atoms with E-state index in [2.05, 4.69) is 9.97 Å². The summed E-state index contributed by atoms with van der Waals surface area (Å²) in [6, 6.07) is 10.3. The molecule has 0 radical (unpaired) electrons. The molecule has 4 nitrogen and oxygen atoms in total. The van der Waals surface area contributed by atoms with E-state index in [1.165, 1.54) is 6.07 Å². The van der Waals surface area contributed by atoms with Crippen molar-refractivity contribution in [3.05, 3.63) is 41.4 Å². The van der Waals surface area contributed by atoms with Crippen LogP contribution in [-0.2, 0) is 0 Å². The van der Waals surface area contributed by atoms with Crippen molar-refractivity contribution in [2.24, 2.45) is 0 Å². The maximum Gasteiger partial charge on any atom is 0.185 e. The molecular formula is C13H9ClN2O2. The molecule has 0 saturated heterocycles. The average Bonchev–Trinajstić information content (AvgIpc) is 2.79. The Balaban J connectivity index is 2.26. The summed E-state index contributed by atoms with van der Waals surface area (Å²) in [4.78, 5) is 7.31. The van der Waals surface area contributed by atoms with Crippen LogP contribution in [0, 0.1) is 0 Å². The fourth-order valence-electron chi connectivity index (χ4n) is 1.83. The number of aromatic amines is 1. The summed E-state index contributed by atoms with van der Waals surface area (Å²) in [7, 11) is 0. The van der Waals surface area contributed by atoms with Crippen LogP contribution in [0.2, 0.25) is 5.02 Å². The zero-order valence-electron chi connectivity index (χ0n) is 9.18. The van der Waals surface area contributed by atoms with E-state index in [0.29, 0.717) is 21.9 Å². The Morgan fingerprint density at radius 2 is 1.83 bits per heavy atom. The summed E-state index contributed by atoms with van der Waals surface area (Å²) in [5.41, 5.74) is 1.71. The number of rotatable bonds is 1. The summed E-state index contributed by atoms with van der Waals surface area (Å²) in [6.45, 7) is 0. The molecule has 3 rings (SSSR count). The van der Waals surface area contributed by atoms with Gasteiger partial charge in [0.2, 0.25) is 0 Å². The van der Waals surface area contributed by atoms with Gasteiger partial charge in [0.1, 0.15) is 11.3 Å². The number of hydrogen-bond donors (Lipinski definition) is 3. The van der Waals surface area contributed by atoms with Crippen molar-refractivity contribution < 1.29 is 10.2 Å². The summed E-state index contributed by atoms with van der Waals surface area (Å²) < 4.78 is 0. The van der Waals surface area contributed by atoms with Gasteiger partial charge in [-0.25, -0.2) is 4.98 Å². The zero-order valence-corrected chi connectivity index (χ0v) is 9.94. The molecule has 3 aromatic rings. The van der Waals surface area contributed by atoms with Crippen LogP contribution in [-0.4, -0.2) is 20.2 Å². The number of aromatic nitrogens is 2. The molecule has 2 aromatic carbocycles. The minimum absolute atomic E-state index is 0.195. The quantitative estimate of drug-likeness (QED) is 0.588. The molecule has 0 fully saturated rings. The van der Waals surface area contributed by atoms with Crippen LogP contribution in [0.5, 0.6) is 11.5 Å². The van der Waals surface area contributed by atoms with Crippen LogP contribution < -0.4 is 0 Å². The fourth-order valence-corrected chi connectivity index (χ4v) is 2.06. The van der Waals surface area contributed by atoms with Gasteiger partial charge in [-0.15, -0.1) is 0 Å². The molecule has 0 bridgehead atoms. The first-order valence-electron chi connectivity index (χ1n) is 5.32. The SMILES string of the molecule is Oc1ccc2[nH]c(-c3ccccc3Cl)nc2c1O. The number of phenolic OH excluding ortho intramolecular Hbond substituents is 2. The summed E-state index contributed by atoms with van der Waals surface area (Å²) in [5.74, 6) is 0.123. The topological polar surface area (TPSA) is 69.1 Å². The second-order valence-corrected chi connectivity index (χ2v) is 4.30. The van der Waals surface area contributed by atoms with E-state index in [0.717, 1.165) is 5.56 Å². The van der Waals surface area contributed by atoms with Crippen LogP contribution in [0.4, 0.5) is 0 Å². The lowest BCUT2D eigenvalue weighted by atomic mass is 10.2. The van der Waals surface area contributed by atoms with Crippen LogP contribution in [0.15, 0.2) is 36.4 Å². The van der Waals surface area contributed by atoms with E-state index in [4.69, 9.17) is 11.6 Å². The molecule has 0 aliphatic rings. The highest BCUT2D eigenvalue weighted by Gasteiger charge is 2.13. The second-order valence-electron chi connectivity index (χ2n) is 3.89. The van der Waals surface area contributed by atoms with Crippen molar-refractivity contribution in [3.8, 4) is 22.9 Å². The van der Waals surface area contributed by atoms with Gasteiger partial charge < -0.3 is 15.2 Å². The lowest BCUT2D eigenvalue weighted by Gasteiger charge is -1.98. The minimum atomic E-state index is -0.234. The number of aromatic hydroxyl groups is 2. The number of nitrogens with zero attached hydrogens (tertiary/aromatic N) is 1. The van der Waals surface area contributed by atoms with Gasteiger partial charge in [0.15, 0.2) is 11.5 Å². The molecule has 0 unspecified atom stereocenters. The van der Waals surface area contributed by atoms with Gasteiger partial charge in [-0.3, -0.25) is 0 Å². The van der Waals surface area contributed by atoms with Crippen molar-refractivity contribution in [2.45, 2.75) is 0 Å². The molecule has 0 aliphatic heterocycles. The second kappa shape index (κ2) is 3.92. The molecular weight excluding hydrogens is 252 g/mol. The first-order chi connectivity index (χ1) is 8.66. The van der Waals surface area contributed by atoms with Gasteiger partial charge in [-0.1, -0.05) is 23.7 Å². The van der Waals surface area contributed by atoms with Gasteiger partial charge in [-0.05, 0) is 24.3 Å². The molecule has 0 aliphatic carbocycles. The van der Waals surface area contributed by atoms with Gasteiger partial charge in [0, 0.05) is 5.56 Å². The van der Waals surface area contributed by atoms with E-state index in [-0.39, 0.29) is 11.5 Å². The zero-order chi connectivity index (χ0) is 12.7. The van der Waals surface area contributed by atoms with Gasteiger partial charge in [0.25, 0.3) is 0 Å². The third-order valence-electron chi connectivity index (χ3n) is 2.74. The average molecular weight is 261 g/mol. The van der Waals surface area contributed by atoms with Crippen molar-refractivity contribution in [1.82, 2.24) is 9.97 Å². The molecule has 5 heteroatoms. The predicted octanol–water partition coefficient (Wildman–Crippen LogP) is 3.29. The molecule has 90 valence electrons. The monoisotopic (exact) mass is 260 g/mol. The highest BCUT2D eigenvalue weighted by Crippen LogP contribution is 2.34. The number of H-pyrrole nitrogens is 1. The maximum atomic E-state index is 9.72. The van der Waals surface area contributed by atoms with E-state index in [9.17, 15) is 10.2 Å². The number of hydrogen-bond acceptors (Lipinski definition) is 3. The van der Waals surface area contributed by atoms with Gasteiger partial charge >= 0.3 is 0 Å². The predicted molar refractivity (Wildman–Crippen MR) is 69.9 cm³/mol. The maximum absolute atomic E-state index is 9.72. The first kappa shape index (κ1) is 10.9. The molecule has 0 spiro atoms. The number of halogens is 1. The van der Waals surface area contributed by atoms with Crippen LogP contribution in [0.3, 0.4) is 0 Å². The lowest BCUT2D eigenvalue weighted by molar-refractivity contribution is 0.407. The van der Waals surface area contributed by atoms with Crippen molar-refractivity contribution in [3.63, 3.8) is 0 Å². The highest BCUT2D eigenvalue weighted by molar-refractivity contribution is 6.33. The Kier molecular flexibility index (Phi) is 2.38. The lowest BCUT2D eigenvalue weighted by Crippen LogP contribution is -1.80. The number of nitrogens with one attached hydrogen (secondary N) is 1.